The second-order valence-electron chi connectivity index (χ2n) is 5.61. The molecule has 1 atom stereocenters. The maximum absolute atomic E-state index is 13.8. The van der Waals surface area contributed by atoms with E-state index in [0.29, 0.717) is 6.04 Å². The number of rotatable bonds is 4. The van der Waals surface area contributed by atoms with Crippen LogP contribution in [0, 0.1) is 11.7 Å². The van der Waals surface area contributed by atoms with E-state index in [1.165, 1.54) is 18.9 Å². The number of hydrogen-bond acceptors (Lipinski definition) is 3. The van der Waals surface area contributed by atoms with Crippen molar-refractivity contribution in [2.45, 2.75) is 18.9 Å². The molecule has 1 aromatic rings. The van der Waals surface area contributed by atoms with Gasteiger partial charge in [0.1, 0.15) is 5.82 Å². The summed E-state index contributed by atoms with van der Waals surface area (Å²) in [5.74, 6) is 0.693. The minimum atomic E-state index is -0.117. The van der Waals surface area contributed by atoms with Crippen LogP contribution in [0.5, 0.6) is 0 Å². The molecule has 0 radical (unpaired) electrons. The zero-order chi connectivity index (χ0) is 13.2. The number of hydrogen-bond donors (Lipinski definition) is 1. The highest BCUT2D eigenvalue weighted by molar-refractivity contribution is 5.48. The van der Waals surface area contributed by atoms with Gasteiger partial charge >= 0.3 is 0 Å². The highest BCUT2D eigenvalue weighted by Gasteiger charge is 2.35. The first kappa shape index (κ1) is 12.9. The van der Waals surface area contributed by atoms with E-state index >= 15 is 0 Å². The average molecular weight is 263 g/mol. The van der Waals surface area contributed by atoms with Gasteiger partial charge in [-0.15, -0.1) is 0 Å². The van der Waals surface area contributed by atoms with Gasteiger partial charge in [0, 0.05) is 38.8 Å². The summed E-state index contributed by atoms with van der Waals surface area (Å²) in [6.07, 6.45) is 2.66. The standard InChI is InChI=1S/C15H22FN3/c16-13-3-1-2-4-14(13)18-7-9-19(10-8-18)15(11-17)12-5-6-12/h1-4,12,15H,5-11,17H2. The molecule has 0 spiro atoms. The number of benzene rings is 1. The number of anilines is 1. The first-order valence-electron chi connectivity index (χ1n) is 7.23. The van der Waals surface area contributed by atoms with Gasteiger partial charge in [-0.1, -0.05) is 12.1 Å². The van der Waals surface area contributed by atoms with Gasteiger partial charge in [-0.05, 0) is 30.9 Å². The number of para-hydroxylation sites is 1. The zero-order valence-electron chi connectivity index (χ0n) is 11.3. The number of halogens is 1. The third-order valence-corrected chi connectivity index (χ3v) is 4.38. The van der Waals surface area contributed by atoms with Crippen molar-refractivity contribution in [2.24, 2.45) is 11.7 Å². The van der Waals surface area contributed by atoms with Gasteiger partial charge in [0.05, 0.1) is 5.69 Å². The summed E-state index contributed by atoms with van der Waals surface area (Å²) in [6, 6.07) is 7.59. The van der Waals surface area contributed by atoms with E-state index in [-0.39, 0.29) is 5.82 Å². The maximum Gasteiger partial charge on any atom is 0.146 e. The van der Waals surface area contributed by atoms with Crippen molar-refractivity contribution in [3.63, 3.8) is 0 Å². The van der Waals surface area contributed by atoms with Crippen LogP contribution >= 0.6 is 0 Å². The van der Waals surface area contributed by atoms with Gasteiger partial charge in [0.25, 0.3) is 0 Å². The van der Waals surface area contributed by atoms with E-state index in [4.69, 9.17) is 5.73 Å². The number of nitrogens with zero attached hydrogens (tertiary/aromatic N) is 2. The zero-order valence-corrected chi connectivity index (χ0v) is 11.3. The van der Waals surface area contributed by atoms with E-state index in [2.05, 4.69) is 9.80 Å². The summed E-state index contributed by atoms with van der Waals surface area (Å²) in [5, 5.41) is 0. The van der Waals surface area contributed by atoms with Crippen LogP contribution in [-0.4, -0.2) is 43.7 Å². The van der Waals surface area contributed by atoms with Gasteiger partial charge in [0.2, 0.25) is 0 Å². The fraction of sp³-hybridized carbons (Fsp3) is 0.600. The van der Waals surface area contributed by atoms with Crippen LogP contribution in [0.2, 0.25) is 0 Å². The lowest BCUT2D eigenvalue weighted by atomic mass is 10.1. The fourth-order valence-electron chi connectivity index (χ4n) is 3.12. The molecule has 3 rings (SSSR count). The molecule has 3 nitrogen and oxygen atoms in total. The minimum absolute atomic E-state index is 0.117. The molecule has 0 aromatic heterocycles. The van der Waals surface area contributed by atoms with Crippen molar-refractivity contribution in [3.8, 4) is 0 Å². The molecule has 1 heterocycles. The third-order valence-electron chi connectivity index (χ3n) is 4.38. The largest absolute Gasteiger partial charge is 0.367 e. The topological polar surface area (TPSA) is 32.5 Å². The Balaban J connectivity index is 1.61. The predicted octanol–water partition coefficient (Wildman–Crippen LogP) is 1.68. The molecule has 2 fully saturated rings. The first-order valence-corrected chi connectivity index (χ1v) is 7.23. The summed E-state index contributed by atoms with van der Waals surface area (Å²) in [6.45, 7) is 4.53. The molecule has 1 aromatic carbocycles. The van der Waals surface area contributed by atoms with Gasteiger partial charge in [-0.2, -0.15) is 0 Å². The Kier molecular flexibility index (Phi) is 3.71. The van der Waals surface area contributed by atoms with Gasteiger partial charge in [-0.3, -0.25) is 4.90 Å². The molecule has 1 saturated carbocycles. The molecule has 0 bridgehead atoms. The van der Waals surface area contributed by atoms with E-state index in [1.54, 1.807) is 6.07 Å². The van der Waals surface area contributed by atoms with Crippen LogP contribution in [0.1, 0.15) is 12.8 Å². The lowest BCUT2D eigenvalue weighted by Gasteiger charge is -2.40. The van der Waals surface area contributed by atoms with Crippen molar-refractivity contribution in [2.75, 3.05) is 37.6 Å². The Bertz CT molecular complexity index is 425. The molecular weight excluding hydrogens is 241 g/mol. The summed E-state index contributed by atoms with van der Waals surface area (Å²) < 4.78 is 13.8. The Morgan fingerprint density at radius 2 is 1.84 bits per heavy atom. The van der Waals surface area contributed by atoms with Crippen LogP contribution in [0.4, 0.5) is 10.1 Å². The van der Waals surface area contributed by atoms with Gasteiger partial charge in [0.15, 0.2) is 0 Å². The van der Waals surface area contributed by atoms with E-state index < -0.39 is 0 Å². The molecule has 2 N–H and O–H groups in total. The number of nitrogens with two attached hydrogens (primary N) is 1. The van der Waals surface area contributed by atoms with E-state index in [9.17, 15) is 4.39 Å². The van der Waals surface area contributed by atoms with Crippen LogP contribution in [0.15, 0.2) is 24.3 Å². The lowest BCUT2D eigenvalue weighted by molar-refractivity contribution is 0.170. The molecule has 1 unspecified atom stereocenters. The van der Waals surface area contributed by atoms with Gasteiger partial charge in [-0.25, -0.2) is 4.39 Å². The Labute approximate surface area is 114 Å². The highest BCUT2D eigenvalue weighted by Crippen LogP contribution is 2.35. The first-order chi connectivity index (χ1) is 9.29. The highest BCUT2D eigenvalue weighted by atomic mass is 19.1. The van der Waals surface area contributed by atoms with Crippen molar-refractivity contribution in [1.29, 1.82) is 0 Å². The smallest absolute Gasteiger partial charge is 0.146 e. The SMILES string of the molecule is NCC(C1CC1)N1CCN(c2ccccc2F)CC1. The second kappa shape index (κ2) is 5.47. The fourth-order valence-corrected chi connectivity index (χ4v) is 3.12. The average Bonchev–Trinajstić information content (AvgIpc) is 3.26. The predicted molar refractivity (Wildman–Crippen MR) is 75.8 cm³/mol. The van der Waals surface area contributed by atoms with Crippen LogP contribution < -0.4 is 10.6 Å². The molecule has 19 heavy (non-hydrogen) atoms. The summed E-state index contributed by atoms with van der Waals surface area (Å²) >= 11 is 0. The van der Waals surface area contributed by atoms with Crippen molar-refractivity contribution in [3.05, 3.63) is 30.1 Å². The lowest BCUT2D eigenvalue weighted by Crippen LogP contribution is -2.53. The van der Waals surface area contributed by atoms with Crippen molar-refractivity contribution in [1.82, 2.24) is 4.90 Å². The van der Waals surface area contributed by atoms with Crippen LogP contribution in [0.3, 0.4) is 0 Å². The molecular formula is C15H22FN3. The van der Waals surface area contributed by atoms with Gasteiger partial charge < -0.3 is 10.6 Å². The van der Waals surface area contributed by atoms with Crippen LogP contribution in [-0.2, 0) is 0 Å². The summed E-state index contributed by atoms with van der Waals surface area (Å²) in [4.78, 5) is 4.64. The summed E-state index contributed by atoms with van der Waals surface area (Å²) in [7, 11) is 0. The normalized spacial score (nSPS) is 22.5. The quantitative estimate of drug-likeness (QED) is 0.897. The monoisotopic (exact) mass is 263 g/mol. The molecule has 1 saturated heterocycles. The van der Waals surface area contributed by atoms with Crippen molar-refractivity contribution < 1.29 is 4.39 Å². The minimum Gasteiger partial charge on any atom is -0.367 e. The Morgan fingerprint density at radius 3 is 2.42 bits per heavy atom. The maximum atomic E-state index is 13.8. The van der Waals surface area contributed by atoms with Crippen LogP contribution in [0.25, 0.3) is 0 Å². The molecule has 2 aliphatic rings. The Morgan fingerprint density at radius 1 is 1.16 bits per heavy atom. The molecule has 0 amide bonds. The molecule has 1 aliphatic heterocycles. The third kappa shape index (κ3) is 2.74. The second-order valence-corrected chi connectivity index (χ2v) is 5.61. The molecule has 1 aliphatic carbocycles. The number of piperazine rings is 1. The molecule has 104 valence electrons. The van der Waals surface area contributed by atoms with E-state index in [0.717, 1.165) is 44.3 Å². The molecule has 4 heteroatoms. The summed E-state index contributed by atoms with van der Waals surface area (Å²) in [5.41, 5.74) is 6.63. The van der Waals surface area contributed by atoms with E-state index in [1.807, 2.05) is 12.1 Å². The van der Waals surface area contributed by atoms with Crippen molar-refractivity contribution >= 4 is 5.69 Å². The Hall–Kier alpha value is -1.13.